The zero-order valence-corrected chi connectivity index (χ0v) is 15.5. The Hall–Kier alpha value is -4.06. The lowest BCUT2D eigenvalue weighted by Gasteiger charge is -2.12. The average molecular weight is 379 g/mol. The summed E-state index contributed by atoms with van der Waals surface area (Å²) < 4.78 is 0. The molecule has 2 aromatic carbocycles. The molecule has 0 atom stereocenters. The smallest absolute Gasteiger partial charge is 0.248 e. The first-order valence-electron chi connectivity index (χ1n) is 9.30. The van der Waals surface area contributed by atoms with Gasteiger partial charge in [0.05, 0.1) is 5.52 Å². The molecule has 0 radical (unpaired) electrons. The van der Waals surface area contributed by atoms with Gasteiger partial charge in [0.25, 0.3) is 0 Å². The second-order valence-corrected chi connectivity index (χ2v) is 6.71. The molecule has 5 rings (SSSR count). The second-order valence-electron chi connectivity index (χ2n) is 6.71. The highest BCUT2D eigenvalue weighted by molar-refractivity contribution is 5.91. The van der Waals surface area contributed by atoms with E-state index in [0.717, 1.165) is 38.8 Å². The molecule has 0 aliphatic carbocycles. The van der Waals surface area contributed by atoms with Crippen LogP contribution in [0.25, 0.3) is 33.2 Å². The maximum atomic E-state index is 12.1. The van der Waals surface area contributed by atoms with Gasteiger partial charge in [0.15, 0.2) is 5.82 Å². The molecule has 0 saturated carbocycles. The first kappa shape index (κ1) is 17.1. The van der Waals surface area contributed by atoms with Crippen LogP contribution < -0.4 is 10.9 Å². The monoisotopic (exact) mass is 379 g/mol. The van der Waals surface area contributed by atoms with Crippen LogP contribution in [0.3, 0.4) is 0 Å². The van der Waals surface area contributed by atoms with Gasteiger partial charge in [-0.2, -0.15) is 0 Å². The normalized spacial score (nSPS) is 11.0. The van der Waals surface area contributed by atoms with Crippen molar-refractivity contribution in [3.05, 3.63) is 95.0 Å². The molecule has 29 heavy (non-hydrogen) atoms. The summed E-state index contributed by atoms with van der Waals surface area (Å²) in [7, 11) is 0. The van der Waals surface area contributed by atoms with Crippen molar-refractivity contribution >= 4 is 27.6 Å². The Kier molecular flexibility index (Phi) is 4.22. The number of aromatic nitrogens is 4. The van der Waals surface area contributed by atoms with E-state index in [1.54, 1.807) is 18.5 Å². The molecule has 0 aliphatic rings. The number of anilines is 1. The number of para-hydroxylation sites is 2. The number of hydrogen-bond donors (Lipinski definition) is 2. The van der Waals surface area contributed by atoms with Crippen molar-refractivity contribution in [3.63, 3.8) is 0 Å². The fourth-order valence-electron chi connectivity index (χ4n) is 3.44. The third-order valence-corrected chi connectivity index (χ3v) is 4.82. The lowest BCUT2D eigenvalue weighted by Crippen LogP contribution is -2.10. The van der Waals surface area contributed by atoms with Crippen molar-refractivity contribution in [2.24, 2.45) is 0 Å². The lowest BCUT2D eigenvalue weighted by atomic mass is 10.1. The van der Waals surface area contributed by atoms with E-state index in [1.807, 2.05) is 60.7 Å². The third-order valence-electron chi connectivity index (χ3n) is 4.82. The molecule has 0 saturated heterocycles. The number of nitrogens with one attached hydrogen (secondary N) is 2. The maximum Gasteiger partial charge on any atom is 0.248 e. The Morgan fingerprint density at radius 1 is 0.862 bits per heavy atom. The fourth-order valence-corrected chi connectivity index (χ4v) is 3.44. The molecule has 0 fully saturated rings. The van der Waals surface area contributed by atoms with Crippen LogP contribution in [0.1, 0.15) is 5.56 Å². The van der Waals surface area contributed by atoms with Gasteiger partial charge in [-0.05, 0) is 35.9 Å². The Morgan fingerprint density at radius 2 is 1.62 bits per heavy atom. The minimum Gasteiger partial charge on any atom is -0.365 e. The van der Waals surface area contributed by atoms with Crippen molar-refractivity contribution in [3.8, 4) is 11.4 Å². The molecule has 0 bridgehead atoms. The van der Waals surface area contributed by atoms with Crippen molar-refractivity contribution in [1.29, 1.82) is 0 Å². The highest BCUT2D eigenvalue weighted by Gasteiger charge is 2.10. The van der Waals surface area contributed by atoms with Crippen LogP contribution in [0.15, 0.2) is 83.9 Å². The van der Waals surface area contributed by atoms with Crippen LogP contribution in [-0.2, 0) is 6.54 Å². The Bertz CT molecular complexity index is 1380. The minimum atomic E-state index is -0.120. The highest BCUT2D eigenvalue weighted by atomic mass is 16.1. The van der Waals surface area contributed by atoms with Crippen LogP contribution in [0, 0.1) is 0 Å². The van der Waals surface area contributed by atoms with E-state index < -0.39 is 0 Å². The summed E-state index contributed by atoms with van der Waals surface area (Å²) >= 11 is 0. The van der Waals surface area contributed by atoms with Gasteiger partial charge in [0, 0.05) is 46.9 Å². The zero-order valence-electron chi connectivity index (χ0n) is 15.5. The summed E-state index contributed by atoms with van der Waals surface area (Å²) in [6, 6.07) is 21.1. The van der Waals surface area contributed by atoms with Gasteiger partial charge < -0.3 is 10.3 Å². The summed E-state index contributed by atoms with van der Waals surface area (Å²) in [5.74, 6) is 1.36. The molecule has 5 aromatic rings. The van der Waals surface area contributed by atoms with Gasteiger partial charge in [-0.3, -0.25) is 9.78 Å². The first-order chi connectivity index (χ1) is 14.3. The number of benzene rings is 2. The van der Waals surface area contributed by atoms with Crippen LogP contribution in [-0.4, -0.2) is 19.9 Å². The van der Waals surface area contributed by atoms with Crippen LogP contribution in [0.2, 0.25) is 0 Å². The van der Waals surface area contributed by atoms with Crippen LogP contribution >= 0.6 is 0 Å². The standard InChI is InChI=1S/C23H17N5O/c29-21-13-16(17-5-1-3-7-19(17)26-21)14-25-23-18-6-2-4-8-20(18)27-22(28-23)15-9-11-24-12-10-15/h1-13H,14H2,(H,26,29)(H,25,27,28). The van der Waals surface area contributed by atoms with E-state index in [4.69, 9.17) is 9.97 Å². The van der Waals surface area contributed by atoms with Crippen LogP contribution in [0.4, 0.5) is 5.82 Å². The van der Waals surface area contributed by atoms with Crippen LogP contribution in [0.5, 0.6) is 0 Å². The largest absolute Gasteiger partial charge is 0.365 e. The van der Waals surface area contributed by atoms with Gasteiger partial charge in [0.2, 0.25) is 5.56 Å². The van der Waals surface area contributed by atoms with Crippen molar-refractivity contribution in [1.82, 2.24) is 19.9 Å². The number of nitrogens with zero attached hydrogens (tertiary/aromatic N) is 3. The number of hydrogen-bond acceptors (Lipinski definition) is 5. The van der Waals surface area contributed by atoms with Crippen molar-refractivity contribution in [2.75, 3.05) is 5.32 Å². The van der Waals surface area contributed by atoms with Gasteiger partial charge in [-0.1, -0.05) is 30.3 Å². The number of H-pyrrole nitrogens is 1. The SMILES string of the molecule is O=c1cc(CNc2nc(-c3ccncc3)nc3ccccc23)c2ccccc2[nH]1. The Labute approximate surface area is 166 Å². The molecule has 6 heteroatoms. The predicted molar refractivity (Wildman–Crippen MR) is 115 cm³/mol. The number of fused-ring (bicyclic) bond motifs is 2. The van der Waals surface area contributed by atoms with Gasteiger partial charge >= 0.3 is 0 Å². The van der Waals surface area contributed by atoms with E-state index in [2.05, 4.69) is 15.3 Å². The van der Waals surface area contributed by atoms with Gasteiger partial charge in [0.1, 0.15) is 5.82 Å². The molecule has 0 amide bonds. The minimum absolute atomic E-state index is 0.120. The topological polar surface area (TPSA) is 83.6 Å². The zero-order chi connectivity index (χ0) is 19.6. The summed E-state index contributed by atoms with van der Waals surface area (Å²) in [6.45, 7) is 0.473. The average Bonchev–Trinajstić information content (AvgIpc) is 2.77. The molecule has 6 nitrogen and oxygen atoms in total. The van der Waals surface area contributed by atoms with E-state index in [1.165, 1.54) is 0 Å². The molecule has 0 spiro atoms. The third kappa shape index (κ3) is 3.32. The molecular formula is C23H17N5O. The number of rotatable bonds is 4. The van der Waals surface area contributed by atoms with Gasteiger partial charge in [-0.15, -0.1) is 0 Å². The van der Waals surface area contributed by atoms with Gasteiger partial charge in [-0.25, -0.2) is 9.97 Å². The molecule has 3 heterocycles. The predicted octanol–water partition coefficient (Wildman–Crippen LogP) is 4.15. The maximum absolute atomic E-state index is 12.1. The van der Waals surface area contributed by atoms with Crippen molar-refractivity contribution < 1.29 is 0 Å². The number of pyridine rings is 2. The molecule has 2 N–H and O–H groups in total. The molecule has 0 unspecified atom stereocenters. The van der Waals surface area contributed by atoms with E-state index in [9.17, 15) is 4.79 Å². The molecule has 0 aliphatic heterocycles. The van der Waals surface area contributed by atoms with E-state index >= 15 is 0 Å². The lowest BCUT2D eigenvalue weighted by molar-refractivity contribution is 1.10. The molecule has 3 aromatic heterocycles. The molecule has 140 valence electrons. The second kappa shape index (κ2) is 7.16. The summed E-state index contributed by atoms with van der Waals surface area (Å²) in [4.78, 5) is 28.4. The highest BCUT2D eigenvalue weighted by Crippen LogP contribution is 2.25. The van der Waals surface area contributed by atoms with E-state index in [0.29, 0.717) is 12.4 Å². The fraction of sp³-hybridized carbons (Fsp3) is 0.0435. The van der Waals surface area contributed by atoms with E-state index in [-0.39, 0.29) is 5.56 Å². The van der Waals surface area contributed by atoms with Crippen molar-refractivity contribution in [2.45, 2.75) is 6.54 Å². The Balaban J connectivity index is 1.58. The number of aromatic amines is 1. The summed E-state index contributed by atoms with van der Waals surface area (Å²) in [5, 5.41) is 5.35. The first-order valence-corrected chi connectivity index (χ1v) is 9.30. The Morgan fingerprint density at radius 3 is 2.48 bits per heavy atom. The molecular weight excluding hydrogens is 362 g/mol. The summed E-state index contributed by atoms with van der Waals surface area (Å²) in [6.07, 6.45) is 3.45. The summed E-state index contributed by atoms with van der Waals surface area (Å²) in [5.41, 5.74) is 3.37. The quantitative estimate of drug-likeness (QED) is 0.490.